The predicted molar refractivity (Wildman–Crippen MR) is 70.6 cm³/mol. The van der Waals surface area contributed by atoms with Crippen LogP contribution in [0.15, 0.2) is 0 Å². The van der Waals surface area contributed by atoms with Gasteiger partial charge in [-0.2, -0.15) is 17.0 Å². The second kappa shape index (κ2) is 6.49. The Balaban J connectivity index is 5.25. The second-order valence-electron chi connectivity index (χ2n) is 4.98. The number of carboxylic acids is 1. The van der Waals surface area contributed by atoms with Crippen LogP contribution in [0.5, 0.6) is 0 Å². The summed E-state index contributed by atoms with van der Waals surface area (Å²) in [6, 6.07) is 0. The van der Waals surface area contributed by atoms with Crippen LogP contribution in [0.4, 0.5) is 0 Å². The van der Waals surface area contributed by atoms with Crippen molar-refractivity contribution in [2.24, 2.45) is 0 Å². The number of aliphatic carboxylic acids is 1. The van der Waals surface area contributed by atoms with E-state index < -0.39 is 21.7 Å². The molecular formula is C11H24N2O4S. The van der Waals surface area contributed by atoms with Crippen molar-refractivity contribution in [3.63, 3.8) is 0 Å². The number of carbonyl (C=O) groups is 1. The van der Waals surface area contributed by atoms with E-state index in [0.29, 0.717) is 13.1 Å². The molecule has 0 atom stereocenters. The molecule has 0 aliphatic carbocycles. The fourth-order valence-electron chi connectivity index (χ4n) is 1.68. The Morgan fingerprint density at radius 3 is 1.89 bits per heavy atom. The highest BCUT2D eigenvalue weighted by molar-refractivity contribution is 7.86. The highest BCUT2D eigenvalue weighted by atomic mass is 32.2. The zero-order chi connectivity index (χ0) is 14.6. The van der Waals surface area contributed by atoms with E-state index >= 15 is 0 Å². The SMILES string of the molecule is CCN(CC)S(=O)(=O)N(CCC(=O)O)C(C)(C)C. The molecule has 0 radical (unpaired) electrons. The molecule has 0 aliphatic rings. The number of carboxylic acid groups (broad SMARTS) is 1. The predicted octanol–water partition coefficient (Wildman–Crippen LogP) is 1.15. The first-order valence-electron chi connectivity index (χ1n) is 6.07. The number of hydrogen-bond acceptors (Lipinski definition) is 3. The van der Waals surface area contributed by atoms with Gasteiger partial charge in [-0.1, -0.05) is 13.8 Å². The highest BCUT2D eigenvalue weighted by Gasteiger charge is 2.35. The van der Waals surface area contributed by atoms with E-state index in [1.54, 1.807) is 34.6 Å². The van der Waals surface area contributed by atoms with Crippen LogP contribution < -0.4 is 0 Å². The number of rotatable bonds is 7. The maximum absolute atomic E-state index is 12.4. The first kappa shape index (κ1) is 17.3. The lowest BCUT2D eigenvalue weighted by atomic mass is 10.1. The molecule has 18 heavy (non-hydrogen) atoms. The molecule has 0 rings (SSSR count). The van der Waals surface area contributed by atoms with Crippen molar-refractivity contribution in [2.75, 3.05) is 19.6 Å². The van der Waals surface area contributed by atoms with Gasteiger partial charge in [-0.25, -0.2) is 0 Å². The number of hydrogen-bond donors (Lipinski definition) is 1. The summed E-state index contributed by atoms with van der Waals surface area (Å²) in [5.41, 5.74) is -0.642. The molecule has 0 spiro atoms. The summed E-state index contributed by atoms with van der Waals surface area (Å²) in [5.74, 6) is -1.00. The lowest BCUT2D eigenvalue weighted by Gasteiger charge is -2.37. The van der Waals surface area contributed by atoms with Gasteiger partial charge in [-0.15, -0.1) is 0 Å². The molecule has 0 aromatic carbocycles. The lowest BCUT2D eigenvalue weighted by Crippen LogP contribution is -2.52. The smallest absolute Gasteiger partial charge is 0.304 e. The summed E-state index contributed by atoms with van der Waals surface area (Å²) in [6.45, 7) is 9.54. The van der Waals surface area contributed by atoms with Crippen molar-refractivity contribution >= 4 is 16.2 Å². The van der Waals surface area contributed by atoms with Crippen molar-refractivity contribution in [3.8, 4) is 0 Å². The fourth-order valence-corrected chi connectivity index (χ4v) is 3.63. The van der Waals surface area contributed by atoms with Crippen LogP contribution >= 0.6 is 0 Å². The zero-order valence-electron chi connectivity index (χ0n) is 11.8. The summed E-state index contributed by atoms with van der Waals surface area (Å²) < 4.78 is 27.4. The normalized spacial score (nSPS) is 13.3. The molecule has 0 amide bonds. The van der Waals surface area contributed by atoms with Crippen LogP contribution in [-0.2, 0) is 15.0 Å². The van der Waals surface area contributed by atoms with Crippen LogP contribution in [0.1, 0.15) is 41.0 Å². The van der Waals surface area contributed by atoms with E-state index in [-0.39, 0.29) is 13.0 Å². The Morgan fingerprint density at radius 2 is 1.61 bits per heavy atom. The molecule has 0 saturated heterocycles. The molecule has 0 saturated carbocycles. The Hall–Kier alpha value is -0.660. The van der Waals surface area contributed by atoms with Gasteiger partial charge in [-0.3, -0.25) is 4.79 Å². The molecule has 0 heterocycles. The third-order valence-electron chi connectivity index (χ3n) is 2.59. The van der Waals surface area contributed by atoms with Gasteiger partial charge in [-0.05, 0) is 20.8 Å². The third-order valence-corrected chi connectivity index (χ3v) is 5.04. The van der Waals surface area contributed by atoms with Crippen molar-refractivity contribution < 1.29 is 18.3 Å². The maximum atomic E-state index is 12.4. The quantitative estimate of drug-likeness (QED) is 0.759. The third kappa shape index (κ3) is 4.55. The molecule has 0 unspecified atom stereocenters. The molecule has 1 N–H and O–H groups in total. The summed E-state index contributed by atoms with van der Waals surface area (Å²) in [7, 11) is -3.61. The molecule has 0 fully saturated rings. The highest BCUT2D eigenvalue weighted by Crippen LogP contribution is 2.21. The maximum Gasteiger partial charge on any atom is 0.304 e. The summed E-state index contributed by atoms with van der Waals surface area (Å²) >= 11 is 0. The van der Waals surface area contributed by atoms with Gasteiger partial charge in [0, 0.05) is 25.2 Å². The number of nitrogens with zero attached hydrogens (tertiary/aromatic N) is 2. The molecule has 0 bridgehead atoms. The van der Waals surface area contributed by atoms with E-state index in [0.717, 1.165) is 0 Å². The van der Waals surface area contributed by atoms with Gasteiger partial charge < -0.3 is 5.11 Å². The molecule has 0 aromatic heterocycles. The van der Waals surface area contributed by atoms with Gasteiger partial charge in [0.1, 0.15) is 0 Å². The lowest BCUT2D eigenvalue weighted by molar-refractivity contribution is -0.137. The average Bonchev–Trinajstić information content (AvgIpc) is 2.15. The molecule has 0 aromatic rings. The van der Waals surface area contributed by atoms with Crippen LogP contribution in [-0.4, -0.2) is 53.3 Å². The first-order chi connectivity index (χ1) is 8.07. The van der Waals surface area contributed by atoms with E-state index in [1.165, 1.54) is 8.61 Å². The van der Waals surface area contributed by atoms with Gasteiger partial charge in [0.2, 0.25) is 0 Å². The Morgan fingerprint density at radius 1 is 1.17 bits per heavy atom. The standard InChI is InChI=1S/C11H24N2O4S/c1-6-12(7-2)18(16,17)13(11(3,4)5)9-8-10(14)15/h6-9H2,1-5H3,(H,14,15). The minimum atomic E-state index is -3.61. The van der Waals surface area contributed by atoms with Crippen LogP contribution in [0.25, 0.3) is 0 Å². The minimum absolute atomic E-state index is 0.0162. The Kier molecular flexibility index (Phi) is 6.25. The average molecular weight is 280 g/mol. The van der Waals surface area contributed by atoms with E-state index in [2.05, 4.69) is 0 Å². The molecule has 0 aliphatic heterocycles. The molecule has 6 nitrogen and oxygen atoms in total. The van der Waals surface area contributed by atoms with Crippen molar-refractivity contribution in [3.05, 3.63) is 0 Å². The van der Waals surface area contributed by atoms with Crippen molar-refractivity contribution in [2.45, 2.75) is 46.6 Å². The summed E-state index contributed by atoms with van der Waals surface area (Å²) in [6.07, 6.45) is -0.197. The topological polar surface area (TPSA) is 77.9 Å². The van der Waals surface area contributed by atoms with Crippen LogP contribution in [0, 0.1) is 0 Å². The minimum Gasteiger partial charge on any atom is -0.481 e. The summed E-state index contributed by atoms with van der Waals surface area (Å²) in [5, 5.41) is 8.71. The molecular weight excluding hydrogens is 256 g/mol. The Labute approximate surface area is 110 Å². The van der Waals surface area contributed by atoms with Gasteiger partial charge >= 0.3 is 5.97 Å². The van der Waals surface area contributed by atoms with E-state index in [1.807, 2.05) is 0 Å². The van der Waals surface area contributed by atoms with Crippen LogP contribution in [0.3, 0.4) is 0 Å². The largest absolute Gasteiger partial charge is 0.481 e. The summed E-state index contributed by atoms with van der Waals surface area (Å²) in [4.78, 5) is 10.6. The fraction of sp³-hybridized carbons (Fsp3) is 0.909. The van der Waals surface area contributed by atoms with Gasteiger partial charge in [0.15, 0.2) is 0 Å². The zero-order valence-corrected chi connectivity index (χ0v) is 12.6. The van der Waals surface area contributed by atoms with Crippen molar-refractivity contribution in [1.82, 2.24) is 8.61 Å². The molecule has 7 heteroatoms. The Bertz CT molecular complexity index is 369. The van der Waals surface area contributed by atoms with Crippen LogP contribution in [0.2, 0.25) is 0 Å². The van der Waals surface area contributed by atoms with E-state index in [4.69, 9.17) is 5.11 Å². The first-order valence-corrected chi connectivity index (χ1v) is 7.46. The van der Waals surface area contributed by atoms with Crippen molar-refractivity contribution in [1.29, 1.82) is 0 Å². The monoisotopic (exact) mass is 280 g/mol. The van der Waals surface area contributed by atoms with E-state index in [9.17, 15) is 13.2 Å². The van der Waals surface area contributed by atoms with Gasteiger partial charge in [0.05, 0.1) is 6.42 Å². The van der Waals surface area contributed by atoms with Gasteiger partial charge in [0.25, 0.3) is 10.2 Å². The molecule has 108 valence electrons. The second-order valence-corrected chi connectivity index (χ2v) is 6.83.